The van der Waals surface area contributed by atoms with Gasteiger partial charge in [-0.15, -0.1) is 12.4 Å². The summed E-state index contributed by atoms with van der Waals surface area (Å²) >= 11 is 0. The fourth-order valence-electron chi connectivity index (χ4n) is 2.59. The summed E-state index contributed by atoms with van der Waals surface area (Å²) in [5.74, 6) is -0.371. The molecule has 0 aliphatic rings. The predicted octanol–water partition coefficient (Wildman–Crippen LogP) is 3.29. The van der Waals surface area contributed by atoms with Crippen LogP contribution in [0.4, 0.5) is 5.69 Å². The molecule has 6 nitrogen and oxygen atoms in total. The molecule has 0 fully saturated rings. The van der Waals surface area contributed by atoms with Crippen molar-refractivity contribution in [3.05, 3.63) is 65.7 Å². The van der Waals surface area contributed by atoms with Crippen LogP contribution in [0.2, 0.25) is 0 Å². The minimum absolute atomic E-state index is 0. The molecule has 0 saturated carbocycles. The Kier molecular flexibility index (Phi) is 10.9. The largest absolute Gasteiger partial charge is 0.382 e. The highest BCUT2D eigenvalue weighted by atomic mass is 35.5. The lowest BCUT2D eigenvalue weighted by Gasteiger charge is -2.13. The molecule has 0 aliphatic carbocycles. The van der Waals surface area contributed by atoms with Gasteiger partial charge in [0.1, 0.15) is 0 Å². The molecule has 4 N–H and O–H groups in total. The number of nitrogens with one attached hydrogen (secondary N) is 2. The molecule has 0 aliphatic heterocycles. The van der Waals surface area contributed by atoms with E-state index in [0.29, 0.717) is 31.0 Å². The van der Waals surface area contributed by atoms with E-state index in [-0.39, 0.29) is 36.7 Å². The SMILES string of the molecule is CCOCCCNC(=O)c1cccc(NC(=O)CC(N)c2ccccc2)c1.Cl. The van der Waals surface area contributed by atoms with Crippen LogP contribution in [0.3, 0.4) is 0 Å². The van der Waals surface area contributed by atoms with Gasteiger partial charge in [-0.25, -0.2) is 0 Å². The first-order valence-electron chi connectivity index (χ1n) is 9.16. The Labute approximate surface area is 172 Å². The molecule has 2 amide bonds. The number of hydrogen-bond donors (Lipinski definition) is 3. The smallest absolute Gasteiger partial charge is 0.251 e. The van der Waals surface area contributed by atoms with Gasteiger partial charge in [0, 0.05) is 43.5 Å². The van der Waals surface area contributed by atoms with Crippen molar-refractivity contribution in [2.45, 2.75) is 25.8 Å². The van der Waals surface area contributed by atoms with E-state index >= 15 is 0 Å². The van der Waals surface area contributed by atoms with Crippen LogP contribution in [-0.2, 0) is 9.53 Å². The number of carbonyl (C=O) groups excluding carboxylic acids is 2. The quantitative estimate of drug-likeness (QED) is 0.529. The van der Waals surface area contributed by atoms with E-state index in [1.807, 2.05) is 37.3 Å². The highest BCUT2D eigenvalue weighted by molar-refractivity contribution is 5.97. The van der Waals surface area contributed by atoms with E-state index in [2.05, 4.69) is 10.6 Å². The summed E-state index contributed by atoms with van der Waals surface area (Å²) in [6.07, 6.45) is 0.922. The number of benzene rings is 2. The van der Waals surface area contributed by atoms with Crippen LogP contribution in [-0.4, -0.2) is 31.6 Å². The van der Waals surface area contributed by atoms with E-state index in [0.717, 1.165) is 12.0 Å². The van der Waals surface area contributed by atoms with Gasteiger partial charge in [0.25, 0.3) is 5.91 Å². The van der Waals surface area contributed by atoms with E-state index in [1.165, 1.54) is 0 Å². The molecule has 28 heavy (non-hydrogen) atoms. The average Bonchev–Trinajstić information content (AvgIpc) is 2.68. The van der Waals surface area contributed by atoms with Crippen LogP contribution in [0.15, 0.2) is 54.6 Å². The second-order valence-corrected chi connectivity index (χ2v) is 6.16. The number of nitrogens with two attached hydrogens (primary N) is 1. The minimum Gasteiger partial charge on any atom is -0.382 e. The molecular formula is C21H28ClN3O3. The van der Waals surface area contributed by atoms with Crippen LogP contribution in [0, 0.1) is 0 Å². The highest BCUT2D eigenvalue weighted by Gasteiger charge is 2.12. The maximum absolute atomic E-state index is 12.2. The minimum atomic E-state index is -0.372. The van der Waals surface area contributed by atoms with E-state index in [9.17, 15) is 9.59 Å². The van der Waals surface area contributed by atoms with E-state index in [1.54, 1.807) is 24.3 Å². The van der Waals surface area contributed by atoms with Crippen LogP contribution in [0.5, 0.6) is 0 Å². The van der Waals surface area contributed by atoms with Crippen molar-refractivity contribution in [2.24, 2.45) is 5.73 Å². The average molecular weight is 406 g/mol. The fourth-order valence-corrected chi connectivity index (χ4v) is 2.59. The normalized spacial score (nSPS) is 11.2. The zero-order valence-electron chi connectivity index (χ0n) is 16.0. The molecular weight excluding hydrogens is 378 g/mol. The van der Waals surface area contributed by atoms with Crippen LogP contribution < -0.4 is 16.4 Å². The summed E-state index contributed by atoms with van der Waals surface area (Å²) in [6.45, 7) is 3.77. The van der Waals surface area contributed by atoms with Gasteiger partial charge in [-0.3, -0.25) is 9.59 Å². The third-order valence-corrected chi connectivity index (χ3v) is 4.00. The van der Waals surface area contributed by atoms with Gasteiger partial charge in [0.15, 0.2) is 0 Å². The summed E-state index contributed by atoms with van der Waals surface area (Å²) in [5, 5.41) is 5.64. The van der Waals surface area contributed by atoms with E-state index in [4.69, 9.17) is 10.5 Å². The second-order valence-electron chi connectivity index (χ2n) is 6.16. The number of ether oxygens (including phenoxy) is 1. The van der Waals surface area contributed by atoms with Crippen molar-refractivity contribution in [3.63, 3.8) is 0 Å². The standard InChI is InChI=1S/C21H27N3O3.ClH/c1-2-27-13-7-12-23-21(26)17-10-6-11-18(14-17)24-20(25)15-19(22)16-8-4-3-5-9-16;/h3-6,8-11,14,19H,2,7,12-13,15,22H2,1H3,(H,23,26)(H,24,25);1H. The van der Waals surface area contributed by atoms with Crippen LogP contribution >= 0.6 is 12.4 Å². The first kappa shape index (κ1) is 23.6. The Morgan fingerprint density at radius 2 is 1.86 bits per heavy atom. The molecule has 0 radical (unpaired) electrons. The number of halogens is 1. The molecule has 2 aromatic carbocycles. The molecule has 0 spiro atoms. The zero-order valence-corrected chi connectivity index (χ0v) is 16.8. The molecule has 1 atom stereocenters. The Balaban J connectivity index is 0.00000392. The van der Waals surface area contributed by atoms with Crippen molar-refractivity contribution < 1.29 is 14.3 Å². The summed E-state index contributed by atoms with van der Waals surface area (Å²) in [6, 6.07) is 16.0. The number of carbonyl (C=O) groups is 2. The maximum Gasteiger partial charge on any atom is 0.251 e. The lowest BCUT2D eigenvalue weighted by atomic mass is 10.0. The van der Waals surface area contributed by atoms with E-state index < -0.39 is 0 Å². The van der Waals surface area contributed by atoms with Gasteiger partial charge in [0.05, 0.1) is 0 Å². The molecule has 0 heterocycles. The molecule has 0 bridgehead atoms. The third-order valence-electron chi connectivity index (χ3n) is 4.00. The number of rotatable bonds is 10. The molecule has 152 valence electrons. The van der Waals surface area contributed by atoms with Gasteiger partial charge < -0.3 is 21.1 Å². The third kappa shape index (κ3) is 8.08. The van der Waals surface area contributed by atoms with Crippen molar-refractivity contribution >= 4 is 29.9 Å². The Morgan fingerprint density at radius 1 is 1.11 bits per heavy atom. The van der Waals surface area contributed by atoms with Gasteiger partial charge in [-0.1, -0.05) is 36.4 Å². The Hall–Kier alpha value is -2.41. The molecule has 1 unspecified atom stereocenters. The number of amides is 2. The van der Waals surface area contributed by atoms with Crippen LogP contribution in [0.25, 0.3) is 0 Å². The maximum atomic E-state index is 12.2. The van der Waals surface area contributed by atoms with Crippen molar-refractivity contribution in [2.75, 3.05) is 25.1 Å². The van der Waals surface area contributed by atoms with Crippen molar-refractivity contribution in [1.82, 2.24) is 5.32 Å². The summed E-state index contributed by atoms with van der Waals surface area (Å²) in [5.41, 5.74) is 8.06. The Bertz CT molecular complexity index is 741. The molecule has 2 aromatic rings. The van der Waals surface area contributed by atoms with Gasteiger partial charge >= 0.3 is 0 Å². The summed E-state index contributed by atoms with van der Waals surface area (Å²) in [4.78, 5) is 24.4. The molecule has 2 rings (SSSR count). The van der Waals surface area contributed by atoms with Crippen molar-refractivity contribution in [1.29, 1.82) is 0 Å². The second kappa shape index (κ2) is 12.9. The zero-order chi connectivity index (χ0) is 19.5. The summed E-state index contributed by atoms with van der Waals surface area (Å²) < 4.78 is 5.24. The molecule has 7 heteroatoms. The molecule has 0 aromatic heterocycles. The first-order valence-corrected chi connectivity index (χ1v) is 9.16. The van der Waals surface area contributed by atoms with Gasteiger partial charge in [0.2, 0.25) is 5.91 Å². The molecule has 0 saturated heterocycles. The van der Waals surface area contributed by atoms with Gasteiger partial charge in [-0.05, 0) is 37.1 Å². The Morgan fingerprint density at radius 3 is 2.57 bits per heavy atom. The lowest BCUT2D eigenvalue weighted by Crippen LogP contribution is -2.25. The monoisotopic (exact) mass is 405 g/mol. The first-order chi connectivity index (χ1) is 13.1. The van der Waals surface area contributed by atoms with Gasteiger partial charge in [-0.2, -0.15) is 0 Å². The van der Waals surface area contributed by atoms with Crippen molar-refractivity contribution in [3.8, 4) is 0 Å². The lowest BCUT2D eigenvalue weighted by molar-refractivity contribution is -0.116. The topological polar surface area (TPSA) is 93.5 Å². The predicted molar refractivity (Wildman–Crippen MR) is 114 cm³/mol. The van der Waals surface area contributed by atoms with Crippen LogP contribution in [0.1, 0.15) is 41.7 Å². The number of anilines is 1. The summed E-state index contributed by atoms with van der Waals surface area (Å²) in [7, 11) is 0. The fraction of sp³-hybridized carbons (Fsp3) is 0.333. The number of hydrogen-bond acceptors (Lipinski definition) is 4. The highest BCUT2D eigenvalue weighted by Crippen LogP contribution is 2.16.